The van der Waals surface area contributed by atoms with Crippen LogP contribution in [-0.2, 0) is 14.3 Å². The molecule has 0 spiro atoms. The summed E-state index contributed by atoms with van der Waals surface area (Å²) in [5.41, 5.74) is 0. The Hall–Kier alpha value is -3.12. The fraction of sp³-hybridized carbons (Fsp3) is 0.444. The number of esters is 1. The van der Waals surface area contributed by atoms with E-state index >= 15 is 0 Å². The average Bonchev–Trinajstić information content (AvgIpc) is 3.74. The highest BCUT2D eigenvalue weighted by atomic mass is 127. The van der Waals surface area contributed by atoms with Crippen molar-refractivity contribution >= 4 is 28.6 Å². The van der Waals surface area contributed by atoms with E-state index in [-0.39, 0.29) is 18.2 Å². The average molecular weight is 779 g/mol. The summed E-state index contributed by atoms with van der Waals surface area (Å²) in [5.74, 6) is 0.865. The molecule has 2 aliphatic heterocycles. The van der Waals surface area contributed by atoms with E-state index in [9.17, 15) is 4.79 Å². The van der Waals surface area contributed by atoms with E-state index in [0.717, 1.165) is 95.7 Å². The van der Waals surface area contributed by atoms with Gasteiger partial charge in [-0.3, -0.25) is 4.79 Å². The molecule has 3 nitrogen and oxygen atoms in total. The van der Waals surface area contributed by atoms with Crippen LogP contribution in [-0.4, -0.2) is 22.1 Å². The molecule has 0 N–H and O–H groups in total. The zero-order valence-electron chi connectivity index (χ0n) is 30.4. The van der Waals surface area contributed by atoms with Crippen molar-refractivity contribution < 1.29 is 14.3 Å². The van der Waals surface area contributed by atoms with E-state index in [1.54, 1.807) is 0 Å². The lowest BCUT2D eigenvalue weighted by Gasteiger charge is -2.14. The Morgan fingerprint density at radius 2 is 1.02 bits per heavy atom. The fourth-order valence-corrected chi connectivity index (χ4v) is 5.50. The number of halogens is 1. The normalized spacial score (nSPS) is 19.7. The van der Waals surface area contributed by atoms with Crippen LogP contribution in [0.3, 0.4) is 0 Å². The zero-order valence-corrected chi connectivity index (χ0v) is 32.5. The lowest BCUT2D eigenvalue weighted by atomic mass is 10.1. The van der Waals surface area contributed by atoms with E-state index < -0.39 is 0 Å². The van der Waals surface area contributed by atoms with Crippen LogP contribution < -0.4 is 0 Å². The molecule has 0 saturated carbocycles. The molecule has 268 valence electrons. The number of rotatable bonds is 23. The van der Waals surface area contributed by atoms with Crippen LogP contribution in [0.15, 0.2) is 146 Å². The lowest BCUT2D eigenvalue weighted by molar-refractivity contribution is -0.141. The zero-order chi connectivity index (χ0) is 35.5. The van der Waals surface area contributed by atoms with Crippen LogP contribution in [0, 0.1) is 0 Å². The van der Waals surface area contributed by atoms with Crippen molar-refractivity contribution in [2.75, 3.05) is 0 Å². The molecule has 4 heteroatoms. The van der Waals surface area contributed by atoms with E-state index in [4.69, 9.17) is 9.47 Å². The van der Waals surface area contributed by atoms with Crippen molar-refractivity contribution in [3.05, 3.63) is 146 Å². The Balaban J connectivity index is 0.000000490. The third kappa shape index (κ3) is 28.4. The van der Waals surface area contributed by atoms with Crippen molar-refractivity contribution in [2.45, 2.75) is 126 Å². The highest BCUT2D eigenvalue weighted by Gasteiger charge is 2.28. The highest BCUT2D eigenvalue weighted by molar-refractivity contribution is 14.1. The molecule has 2 heterocycles. The first-order valence-corrected chi connectivity index (χ1v) is 19.7. The topological polar surface area (TPSA) is 35.5 Å². The molecule has 3 atom stereocenters. The summed E-state index contributed by atoms with van der Waals surface area (Å²) in [6, 6.07) is 0. The van der Waals surface area contributed by atoms with Gasteiger partial charge in [0, 0.05) is 12.8 Å². The third-order valence-electron chi connectivity index (χ3n) is 7.43. The largest absolute Gasteiger partial charge is 0.491 e. The van der Waals surface area contributed by atoms with Gasteiger partial charge in [-0.25, -0.2) is 0 Å². The first kappa shape index (κ1) is 43.9. The van der Waals surface area contributed by atoms with Crippen molar-refractivity contribution in [1.29, 1.82) is 0 Å². The van der Waals surface area contributed by atoms with Gasteiger partial charge in [-0.1, -0.05) is 171 Å². The smallest absolute Gasteiger partial charge is 0.306 e. The first-order chi connectivity index (χ1) is 24.1. The number of hydrogen-bond donors (Lipinski definition) is 0. The van der Waals surface area contributed by atoms with E-state index in [1.807, 2.05) is 0 Å². The van der Waals surface area contributed by atoms with Gasteiger partial charge in [-0.05, 0) is 89.5 Å². The van der Waals surface area contributed by atoms with Gasteiger partial charge in [0.05, 0.1) is 9.68 Å². The van der Waals surface area contributed by atoms with Crippen LogP contribution in [0.1, 0.15) is 110 Å². The summed E-state index contributed by atoms with van der Waals surface area (Å²) in [7, 11) is 0. The maximum atomic E-state index is 11.1. The Morgan fingerprint density at radius 1 is 0.592 bits per heavy atom. The SMILES string of the molecule is C=C1CCC(/C=C/C=C\C/C=C\C/C=C\C/C=C\C/C=C\CC)O1.CC/C=C\C/C=C\C/C=C\C/C=C\C/C=C\CC(I)C1CCC(=O)O1. The van der Waals surface area contributed by atoms with Crippen molar-refractivity contribution in [3.63, 3.8) is 0 Å². The van der Waals surface area contributed by atoms with E-state index in [1.165, 1.54) is 0 Å². The van der Waals surface area contributed by atoms with Gasteiger partial charge in [0.15, 0.2) is 0 Å². The van der Waals surface area contributed by atoms with Crippen LogP contribution >= 0.6 is 22.6 Å². The van der Waals surface area contributed by atoms with Crippen LogP contribution in [0.4, 0.5) is 0 Å². The van der Waals surface area contributed by atoms with Crippen LogP contribution in [0.2, 0.25) is 0 Å². The quantitative estimate of drug-likeness (QED) is 0.0341. The summed E-state index contributed by atoms with van der Waals surface area (Å²) in [4.78, 5) is 11.1. The number of alkyl halides is 1. The first-order valence-electron chi connectivity index (χ1n) is 18.4. The number of hydrogen-bond acceptors (Lipinski definition) is 3. The van der Waals surface area contributed by atoms with Gasteiger partial charge in [0.1, 0.15) is 12.2 Å². The molecule has 2 rings (SSSR count). The third-order valence-corrected chi connectivity index (χ3v) is 8.74. The molecular formula is C45H63IO3. The standard InChI is InChI=1S/C23H32O.C22H31IO2/c1-3-4-5-6-7-8-9-10-11-12-13-14-15-16-17-18-19-23-21-20-22(2)24-23;1-2-3-4-5-6-7-8-9-10-11-12-13-14-15-16-17-20(23)21-18-19-22(24)25-21/h4-5,7-8,10-11,13-14,16-19,23H,2-3,6,9,12,15,20-21H2,1H3;3-4,6-7,9-10,12-13,15-16,20-21H,2,5,8,11,14,17-19H2,1H3/b5-4-,8-7-,11-10-,14-13-,17-16-,19-18+;4-3-,7-6-,10-9-,13-12-,16-15-. The summed E-state index contributed by atoms with van der Waals surface area (Å²) >= 11 is 2.39. The molecule has 0 amide bonds. The van der Waals surface area contributed by atoms with Gasteiger partial charge in [-0.2, -0.15) is 0 Å². The van der Waals surface area contributed by atoms with Crippen molar-refractivity contribution in [2.24, 2.45) is 0 Å². The van der Waals surface area contributed by atoms with Gasteiger partial charge in [-0.15, -0.1) is 0 Å². The summed E-state index contributed by atoms with van der Waals surface area (Å²) in [5, 5.41) is 0. The number of allylic oxidation sites excluding steroid dienone is 22. The monoisotopic (exact) mass is 778 g/mol. The number of ether oxygens (including phenoxy) is 2. The van der Waals surface area contributed by atoms with Gasteiger partial charge >= 0.3 is 5.97 Å². The molecule has 3 unspecified atom stereocenters. The fourth-order valence-electron chi connectivity index (χ4n) is 4.70. The summed E-state index contributed by atoms with van der Waals surface area (Å²) < 4.78 is 11.2. The molecule has 0 aromatic carbocycles. The minimum Gasteiger partial charge on any atom is -0.491 e. The molecule has 0 bridgehead atoms. The summed E-state index contributed by atoms with van der Waals surface area (Å²) in [6.45, 7) is 8.15. The predicted octanol–water partition coefficient (Wildman–Crippen LogP) is 13.6. The van der Waals surface area contributed by atoms with Gasteiger partial charge < -0.3 is 9.47 Å². The molecule has 0 aromatic heterocycles. The summed E-state index contributed by atoms with van der Waals surface area (Å²) in [6.07, 6.45) is 63.2. The molecule has 0 radical (unpaired) electrons. The van der Waals surface area contributed by atoms with Crippen LogP contribution in [0.25, 0.3) is 0 Å². The molecule has 2 fully saturated rings. The Labute approximate surface area is 313 Å². The second kappa shape index (κ2) is 33.4. The van der Waals surface area contributed by atoms with Gasteiger partial charge in [0.25, 0.3) is 0 Å². The van der Waals surface area contributed by atoms with Gasteiger partial charge in [0.2, 0.25) is 0 Å². The Kier molecular flexibility index (Phi) is 29.9. The van der Waals surface area contributed by atoms with Crippen molar-refractivity contribution in [1.82, 2.24) is 0 Å². The Bertz CT molecular complexity index is 1190. The maximum absolute atomic E-state index is 11.1. The number of cyclic esters (lactones) is 1. The molecular weight excluding hydrogens is 715 g/mol. The molecule has 49 heavy (non-hydrogen) atoms. The second-order valence-corrected chi connectivity index (χ2v) is 13.4. The molecule has 2 aliphatic rings. The van der Waals surface area contributed by atoms with E-state index in [2.05, 4.69) is 177 Å². The predicted molar refractivity (Wildman–Crippen MR) is 223 cm³/mol. The second-order valence-electron chi connectivity index (χ2n) is 11.8. The maximum Gasteiger partial charge on any atom is 0.306 e. The van der Waals surface area contributed by atoms with E-state index in [0.29, 0.717) is 10.3 Å². The lowest BCUT2D eigenvalue weighted by Crippen LogP contribution is -2.19. The number of carbonyl (C=O) groups is 1. The Morgan fingerprint density at radius 3 is 1.41 bits per heavy atom. The highest BCUT2D eigenvalue weighted by Crippen LogP contribution is 2.25. The van der Waals surface area contributed by atoms with Crippen molar-refractivity contribution in [3.8, 4) is 0 Å². The molecule has 2 saturated heterocycles. The number of carbonyl (C=O) groups excluding carboxylic acids is 1. The minimum absolute atomic E-state index is 0.0459. The molecule has 0 aliphatic carbocycles. The molecule has 0 aromatic rings. The van der Waals surface area contributed by atoms with Crippen LogP contribution in [0.5, 0.6) is 0 Å². The minimum atomic E-state index is -0.0459.